The molecule has 18 heavy (non-hydrogen) atoms. The highest BCUT2D eigenvalue weighted by molar-refractivity contribution is 7.91. The summed E-state index contributed by atoms with van der Waals surface area (Å²) in [5, 5.41) is 17.5. The summed E-state index contributed by atoms with van der Waals surface area (Å²) in [5.41, 5.74) is -0.973. The van der Waals surface area contributed by atoms with Crippen molar-refractivity contribution >= 4 is 15.8 Å². The number of carboxylic acid groups (broad SMARTS) is 1. The van der Waals surface area contributed by atoms with E-state index < -0.39 is 39.0 Å². The Morgan fingerprint density at radius 3 is 2.22 bits per heavy atom. The smallest absolute Gasteiger partial charge is 0.314 e. The maximum absolute atomic E-state index is 11.7. The van der Waals surface area contributed by atoms with Crippen LogP contribution in [0.25, 0.3) is 0 Å². The van der Waals surface area contributed by atoms with E-state index in [2.05, 4.69) is 0 Å². The van der Waals surface area contributed by atoms with E-state index in [0.29, 0.717) is 5.56 Å². The monoisotopic (exact) mass is 270 g/mol. The fourth-order valence-corrected chi connectivity index (χ4v) is 4.58. The topological polar surface area (TPSA) is 91.7 Å². The molecule has 0 saturated heterocycles. The molecule has 0 spiro atoms. The summed E-state index contributed by atoms with van der Waals surface area (Å²) in [7, 11) is -3.53. The van der Waals surface area contributed by atoms with Crippen LogP contribution in [0.4, 0.5) is 0 Å². The van der Waals surface area contributed by atoms with Crippen molar-refractivity contribution in [3.63, 3.8) is 0 Å². The lowest BCUT2D eigenvalue weighted by atomic mass is 10.0. The van der Waals surface area contributed by atoms with Gasteiger partial charge < -0.3 is 10.2 Å². The number of aliphatic hydroxyl groups excluding tert-OH is 1. The van der Waals surface area contributed by atoms with Crippen molar-refractivity contribution < 1.29 is 23.4 Å². The number of carboxylic acids is 1. The van der Waals surface area contributed by atoms with Gasteiger partial charge in [-0.05, 0) is 5.56 Å². The van der Waals surface area contributed by atoms with Crippen LogP contribution in [0.3, 0.4) is 0 Å². The van der Waals surface area contributed by atoms with Gasteiger partial charge in [-0.3, -0.25) is 4.79 Å². The van der Waals surface area contributed by atoms with E-state index in [0.717, 1.165) is 6.26 Å². The lowest BCUT2D eigenvalue weighted by molar-refractivity contribution is -0.145. The van der Waals surface area contributed by atoms with Crippen molar-refractivity contribution in [1.29, 1.82) is 0 Å². The third kappa shape index (κ3) is 1.72. The Bertz CT molecular complexity index is 565. The molecule has 1 aliphatic carbocycles. The van der Waals surface area contributed by atoms with Crippen LogP contribution in [0.2, 0.25) is 0 Å². The molecule has 2 N–H and O–H groups in total. The number of aliphatic hydroxyl groups is 1. The van der Waals surface area contributed by atoms with Gasteiger partial charge in [0.15, 0.2) is 9.84 Å². The summed E-state index contributed by atoms with van der Waals surface area (Å²) in [6.45, 7) is -0.681. The number of sulfone groups is 1. The molecule has 1 aromatic carbocycles. The van der Waals surface area contributed by atoms with Crippen molar-refractivity contribution in [3.8, 4) is 0 Å². The van der Waals surface area contributed by atoms with Gasteiger partial charge in [0.05, 0.1) is 11.9 Å². The Morgan fingerprint density at radius 2 is 1.89 bits per heavy atom. The first-order chi connectivity index (χ1) is 8.35. The second kappa shape index (κ2) is 4.07. The van der Waals surface area contributed by atoms with Crippen molar-refractivity contribution in [2.45, 2.75) is 11.2 Å². The Hall–Kier alpha value is -1.40. The summed E-state index contributed by atoms with van der Waals surface area (Å²) in [5.74, 6) is -1.95. The molecule has 0 aliphatic heterocycles. The van der Waals surface area contributed by atoms with Crippen LogP contribution >= 0.6 is 0 Å². The van der Waals surface area contributed by atoms with Crippen molar-refractivity contribution in [2.75, 3.05) is 12.9 Å². The minimum absolute atomic E-state index is 0.629. The normalized spacial score (nSPS) is 31.0. The minimum atomic E-state index is -3.53. The third-order valence-corrected chi connectivity index (χ3v) is 5.15. The maximum atomic E-state index is 11.7. The van der Waals surface area contributed by atoms with Gasteiger partial charge in [0, 0.05) is 12.2 Å². The van der Waals surface area contributed by atoms with Crippen LogP contribution in [-0.4, -0.2) is 42.7 Å². The van der Waals surface area contributed by atoms with Gasteiger partial charge >= 0.3 is 5.97 Å². The molecule has 98 valence electrons. The zero-order valence-electron chi connectivity index (χ0n) is 9.78. The molecule has 2 rings (SSSR count). The third-order valence-electron chi connectivity index (χ3n) is 3.54. The molecule has 1 fully saturated rings. The highest BCUT2D eigenvalue weighted by Gasteiger charge is 2.74. The molecule has 1 aromatic rings. The van der Waals surface area contributed by atoms with Gasteiger partial charge in [-0.1, -0.05) is 30.3 Å². The van der Waals surface area contributed by atoms with Gasteiger partial charge in [-0.2, -0.15) is 0 Å². The van der Waals surface area contributed by atoms with Crippen LogP contribution in [0.15, 0.2) is 30.3 Å². The maximum Gasteiger partial charge on any atom is 0.314 e. The van der Waals surface area contributed by atoms with E-state index >= 15 is 0 Å². The van der Waals surface area contributed by atoms with Crippen molar-refractivity contribution in [3.05, 3.63) is 35.9 Å². The first-order valence-corrected chi connectivity index (χ1v) is 7.39. The van der Waals surface area contributed by atoms with Crippen LogP contribution in [0.5, 0.6) is 0 Å². The van der Waals surface area contributed by atoms with Crippen molar-refractivity contribution in [1.82, 2.24) is 0 Å². The summed E-state index contributed by atoms with van der Waals surface area (Å²) in [6.07, 6.45) is 1.01. The molecule has 5 nitrogen and oxygen atoms in total. The highest BCUT2D eigenvalue weighted by Crippen LogP contribution is 2.62. The average molecular weight is 270 g/mol. The van der Waals surface area contributed by atoms with E-state index in [9.17, 15) is 23.4 Å². The van der Waals surface area contributed by atoms with Crippen LogP contribution in [0, 0.1) is 5.41 Å². The molecular formula is C12H14O5S. The summed E-state index contributed by atoms with van der Waals surface area (Å²) in [6, 6.07) is 8.57. The molecule has 1 aliphatic rings. The summed E-state index contributed by atoms with van der Waals surface area (Å²) >= 11 is 0. The zero-order valence-corrected chi connectivity index (χ0v) is 10.6. The predicted octanol–water partition coefficient (Wildman–Crippen LogP) is 0.260. The number of benzene rings is 1. The number of rotatable bonds is 4. The number of aliphatic carboxylic acids is 1. The quantitative estimate of drug-likeness (QED) is 0.819. The average Bonchev–Trinajstić information content (AvgIpc) is 3.00. The molecule has 0 amide bonds. The Balaban J connectivity index is 2.51. The van der Waals surface area contributed by atoms with E-state index in [4.69, 9.17) is 0 Å². The second-order valence-corrected chi connectivity index (χ2v) is 6.81. The molecule has 0 unspecified atom stereocenters. The number of carbonyl (C=O) groups is 1. The fraction of sp³-hybridized carbons (Fsp3) is 0.417. The van der Waals surface area contributed by atoms with E-state index in [1.807, 2.05) is 0 Å². The lowest BCUT2D eigenvalue weighted by Crippen LogP contribution is -2.27. The van der Waals surface area contributed by atoms with E-state index in [1.54, 1.807) is 30.3 Å². The first-order valence-electron chi connectivity index (χ1n) is 5.43. The number of hydrogen-bond acceptors (Lipinski definition) is 4. The Labute approximate surface area is 105 Å². The molecule has 6 heteroatoms. The molecule has 3 atom stereocenters. The molecule has 0 aromatic heterocycles. The predicted molar refractivity (Wildman–Crippen MR) is 65.0 cm³/mol. The van der Waals surface area contributed by atoms with Gasteiger partial charge in [-0.15, -0.1) is 0 Å². The van der Waals surface area contributed by atoms with Gasteiger partial charge in [0.25, 0.3) is 0 Å². The summed E-state index contributed by atoms with van der Waals surface area (Å²) < 4.78 is 23.4. The standard InChI is InChI=1S/C12H14O5S/c1-18(16,17)10-9(8-5-3-2-4-6-8)12(10,7-13)11(14)15/h2-6,9-10,13H,7H2,1H3,(H,14,15)/t9-,10-,12+/m1/s1. The fourth-order valence-electron chi connectivity index (χ4n) is 2.68. The Kier molecular flexibility index (Phi) is 2.95. The molecular weight excluding hydrogens is 256 g/mol. The van der Waals surface area contributed by atoms with Crippen LogP contribution in [-0.2, 0) is 14.6 Å². The van der Waals surface area contributed by atoms with Crippen molar-refractivity contribution in [2.24, 2.45) is 5.41 Å². The SMILES string of the molecule is CS(=O)(=O)[C@@H]1[C@@H](c2ccccc2)[C@]1(CO)C(=O)O. The molecule has 0 radical (unpaired) electrons. The Morgan fingerprint density at radius 1 is 1.33 bits per heavy atom. The molecule has 1 saturated carbocycles. The van der Waals surface area contributed by atoms with E-state index in [-0.39, 0.29) is 0 Å². The first kappa shape index (κ1) is 13.0. The zero-order chi connectivity index (χ0) is 13.6. The minimum Gasteiger partial charge on any atom is -0.481 e. The van der Waals surface area contributed by atoms with Gasteiger partial charge in [0.1, 0.15) is 5.41 Å². The highest BCUT2D eigenvalue weighted by atomic mass is 32.2. The molecule has 0 bridgehead atoms. The summed E-state index contributed by atoms with van der Waals surface area (Å²) in [4.78, 5) is 11.3. The number of hydrogen-bond donors (Lipinski definition) is 2. The van der Waals surface area contributed by atoms with Crippen LogP contribution < -0.4 is 0 Å². The lowest BCUT2D eigenvalue weighted by Gasteiger charge is -2.08. The largest absolute Gasteiger partial charge is 0.481 e. The van der Waals surface area contributed by atoms with Gasteiger partial charge in [-0.25, -0.2) is 8.42 Å². The second-order valence-electron chi connectivity index (χ2n) is 4.64. The van der Waals surface area contributed by atoms with Gasteiger partial charge in [0.2, 0.25) is 0 Å². The molecule has 0 heterocycles. The van der Waals surface area contributed by atoms with E-state index in [1.165, 1.54) is 0 Å². The van der Waals surface area contributed by atoms with Crippen LogP contribution in [0.1, 0.15) is 11.5 Å².